The van der Waals surface area contributed by atoms with Gasteiger partial charge in [-0.3, -0.25) is 9.69 Å². The Morgan fingerprint density at radius 2 is 1.85 bits per heavy atom. The molecule has 0 bridgehead atoms. The van der Waals surface area contributed by atoms with Gasteiger partial charge < -0.3 is 14.7 Å². The Hall–Kier alpha value is -2.34. The van der Waals surface area contributed by atoms with Crippen LogP contribution in [0.25, 0.3) is 0 Å². The van der Waals surface area contributed by atoms with Crippen LogP contribution in [0.5, 0.6) is 0 Å². The first-order chi connectivity index (χ1) is 13.1. The van der Waals surface area contributed by atoms with Crippen molar-refractivity contribution in [3.63, 3.8) is 0 Å². The van der Waals surface area contributed by atoms with Crippen molar-refractivity contribution in [2.24, 2.45) is 0 Å². The summed E-state index contributed by atoms with van der Waals surface area (Å²) in [6.07, 6.45) is 2.73. The van der Waals surface area contributed by atoms with Crippen molar-refractivity contribution in [2.75, 3.05) is 31.5 Å². The van der Waals surface area contributed by atoms with Crippen molar-refractivity contribution in [3.05, 3.63) is 47.3 Å². The molecule has 0 aliphatic carbocycles. The quantitative estimate of drug-likeness (QED) is 0.879. The summed E-state index contributed by atoms with van der Waals surface area (Å²) in [6.45, 7) is 8.32. The molecule has 0 saturated carbocycles. The van der Waals surface area contributed by atoms with E-state index in [4.69, 9.17) is 4.52 Å². The van der Waals surface area contributed by atoms with Gasteiger partial charge in [-0.15, -0.1) is 0 Å². The van der Waals surface area contributed by atoms with Gasteiger partial charge in [-0.25, -0.2) is 0 Å². The van der Waals surface area contributed by atoms with Gasteiger partial charge in [0, 0.05) is 44.0 Å². The van der Waals surface area contributed by atoms with Gasteiger partial charge in [0.1, 0.15) is 11.3 Å². The lowest BCUT2D eigenvalue weighted by Gasteiger charge is -2.46. The van der Waals surface area contributed by atoms with Crippen LogP contribution in [0.3, 0.4) is 0 Å². The second-order valence-electron chi connectivity index (χ2n) is 7.80. The van der Waals surface area contributed by atoms with Gasteiger partial charge in [-0.2, -0.15) is 0 Å². The molecule has 2 saturated heterocycles. The predicted octanol–water partition coefficient (Wildman–Crippen LogP) is 2.97. The van der Waals surface area contributed by atoms with E-state index in [0.717, 1.165) is 69.1 Å². The first kappa shape index (κ1) is 18.0. The molecule has 0 radical (unpaired) electrons. The van der Waals surface area contributed by atoms with Gasteiger partial charge >= 0.3 is 0 Å². The van der Waals surface area contributed by atoms with E-state index in [1.807, 2.05) is 49.1 Å². The van der Waals surface area contributed by atoms with E-state index < -0.39 is 5.54 Å². The molecule has 2 aliphatic heterocycles. The number of likely N-dealkylation sites (tertiary alicyclic amines) is 2. The molecule has 2 fully saturated rings. The number of anilines is 1. The van der Waals surface area contributed by atoms with Crippen LogP contribution in [-0.4, -0.2) is 52.6 Å². The Kier molecular flexibility index (Phi) is 4.91. The van der Waals surface area contributed by atoms with Crippen molar-refractivity contribution in [1.82, 2.24) is 15.0 Å². The second-order valence-corrected chi connectivity index (χ2v) is 7.80. The van der Waals surface area contributed by atoms with Crippen LogP contribution in [0.1, 0.15) is 36.3 Å². The largest absolute Gasteiger partial charge is 0.371 e. The minimum absolute atomic E-state index is 0.259. The third-order valence-corrected chi connectivity index (χ3v) is 5.98. The molecule has 1 N–H and O–H groups in total. The Balaban J connectivity index is 1.48. The number of carbonyl (C=O) groups excluding carboxylic acids is 1. The zero-order valence-electron chi connectivity index (χ0n) is 16.2. The first-order valence-electron chi connectivity index (χ1n) is 9.84. The number of nitrogens with zero attached hydrogens (tertiary/aromatic N) is 3. The van der Waals surface area contributed by atoms with Gasteiger partial charge in [0.15, 0.2) is 0 Å². The van der Waals surface area contributed by atoms with Crippen molar-refractivity contribution >= 4 is 11.6 Å². The van der Waals surface area contributed by atoms with Crippen LogP contribution in [0.4, 0.5) is 5.69 Å². The van der Waals surface area contributed by atoms with Crippen molar-refractivity contribution in [2.45, 2.75) is 45.2 Å². The fraction of sp³-hybridized carbons (Fsp3) is 0.524. The number of amides is 1. The van der Waals surface area contributed by atoms with E-state index >= 15 is 0 Å². The fourth-order valence-electron chi connectivity index (χ4n) is 4.06. The zero-order valence-corrected chi connectivity index (χ0v) is 16.2. The van der Waals surface area contributed by atoms with Crippen LogP contribution in [0.2, 0.25) is 0 Å². The van der Waals surface area contributed by atoms with Gasteiger partial charge in [0.05, 0.1) is 5.69 Å². The summed E-state index contributed by atoms with van der Waals surface area (Å²) in [7, 11) is 0. The number of hydrogen-bond acceptors (Lipinski definition) is 5. The average Bonchev–Trinajstić information content (AvgIpc) is 2.95. The van der Waals surface area contributed by atoms with Gasteiger partial charge in [0.25, 0.3) is 0 Å². The Morgan fingerprint density at radius 3 is 2.41 bits per heavy atom. The molecule has 27 heavy (non-hydrogen) atoms. The number of piperidine rings is 1. The molecule has 2 aromatic rings. The molecule has 1 amide bonds. The maximum atomic E-state index is 13.3. The molecule has 3 heterocycles. The molecular formula is C21H28N4O2. The normalized spacial score (nSPS) is 19.6. The number of aryl methyl sites for hydroxylation is 2. The van der Waals surface area contributed by atoms with Crippen LogP contribution in [0.15, 0.2) is 34.9 Å². The highest BCUT2D eigenvalue weighted by Gasteiger charge is 2.45. The number of nitrogens with one attached hydrogen (secondary N) is 1. The Morgan fingerprint density at radius 1 is 1.15 bits per heavy atom. The lowest BCUT2D eigenvalue weighted by Crippen LogP contribution is -2.61. The summed E-state index contributed by atoms with van der Waals surface area (Å²) in [5.74, 6) is 1.15. The molecule has 6 nitrogen and oxygen atoms in total. The number of hydrogen-bond donors (Lipinski definition) is 1. The summed E-state index contributed by atoms with van der Waals surface area (Å²) < 4.78 is 5.30. The maximum absolute atomic E-state index is 13.3. The lowest BCUT2D eigenvalue weighted by molar-refractivity contribution is -0.141. The molecule has 6 heteroatoms. The van der Waals surface area contributed by atoms with Crippen LogP contribution < -0.4 is 5.32 Å². The zero-order chi connectivity index (χ0) is 18.9. The predicted molar refractivity (Wildman–Crippen MR) is 104 cm³/mol. The number of rotatable bonds is 5. The molecule has 0 spiro atoms. The third-order valence-electron chi connectivity index (χ3n) is 5.98. The smallest absolute Gasteiger partial charge is 0.248 e. The van der Waals surface area contributed by atoms with Crippen molar-refractivity contribution in [1.29, 1.82) is 0 Å². The standard InChI is InChI=1S/C21H28N4O2/c1-16-19(17(2)27-23-16)15-24-13-9-21(10-14-24,20(26)25-11-6-12-25)22-18-7-4-3-5-8-18/h3-5,7-8,22H,6,9-15H2,1-2H3. The van der Waals surface area contributed by atoms with E-state index in [9.17, 15) is 4.79 Å². The lowest BCUT2D eigenvalue weighted by atomic mass is 9.84. The monoisotopic (exact) mass is 368 g/mol. The highest BCUT2D eigenvalue weighted by Crippen LogP contribution is 2.31. The van der Waals surface area contributed by atoms with E-state index in [0.29, 0.717) is 0 Å². The highest BCUT2D eigenvalue weighted by molar-refractivity contribution is 5.90. The number of benzene rings is 1. The molecule has 1 aromatic carbocycles. The Bertz CT molecular complexity index is 770. The van der Waals surface area contributed by atoms with Gasteiger partial charge in [0.2, 0.25) is 5.91 Å². The van der Waals surface area contributed by atoms with Crippen LogP contribution >= 0.6 is 0 Å². The van der Waals surface area contributed by atoms with Crippen molar-refractivity contribution in [3.8, 4) is 0 Å². The minimum Gasteiger partial charge on any atom is -0.371 e. The topological polar surface area (TPSA) is 61.6 Å². The number of para-hydroxylation sites is 1. The van der Waals surface area contributed by atoms with E-state index in [1.165, 1.54) is 5.56 Å². The summed E-state index contributed by atoms with van der Waals surface area (Å²) >= 11 is 0. The Labute approximate surface area is 160 Å². The molecule has 0 atom stereocenters. The van der Waals surface area contributed by atoms with Crippen LogP contribution in [-0.2, 0) is 11.3 Å². The molecule has 144 valence electrons. The van der Waals surface area contributed by atoms with Crippen molar-refractivity contribution < 1.29 is 9.32 Å². The van der Waals surface area contributed by atoms with Crippen LogP contribution in [0, 0.1) is 13.8 Å². The summed E-state index contributed by atoms with van der Waals surface area (Å²) in [5.41, 5.74) is 2.65. The molecule has 1 aromatic heterocycles. The average molecular weight is 368 g/mol. The molecule has 2 aliphatic rings. The summed E-state index contributed by atoms with van der Waals surface area (Å²) in [5, 5.41) is 7.66. The fourth-order valence-corrected chi connectivity index (χ4v) is 4.06. The van der Waals surface area contributed by atoms with Gasteiger partial charge in [-0.1, -0.05) is 23.4 Å². The molecule has 4 rings (SSSR count). The highest BCUT2D eigenvalue weighted by atomic mass is 16.5. The van der Waals surface area contributed by atoms with E-state index in [-0.39, 0.29) is 5.91 Å². The maximum Gasteiger partial charge on any atom is 0.248 e. The summed E-state index contributed by atoms with van der Waals surface area (Å²) in [6, 6.07) is 10.1. The first-order valence-corrected chi connectivity index (χ1v) is 9.84. The summed E-state index contributed by atoms with van der Waals surface area (Å²) in [4.78, 5) is 17.7. The third kappa shape index (κ3) is 3.58. The number of aromatic nitrogens is 1. The second kappa shape index (κ2) is 7.35. The molecular weight excluding hydrogens is 340 g/mol. The number of carbonyl (C=O) groups is 1. The SMILES string of the molecule is Cc1noc(C)c1CN1CCC(Nc2ccccc2)(C(=O)N2CCC2)CC1. The van der Waals surface area contributed by atoms with Gasteiger partial charge in [-0.05, 0) is 45.2 Å². The van der Waals surface area contributed by atoms with E-state index in [2.05, 4.69) is 15.4 Å². The minimum atomic E-state index is -0.503. The molecule has 0 unspecified atom stereocenters. The van der Waals surface area contributed by atoms with E-state index in [1.54, 1.807) is 0 Å².